The highest BCUT2D eigenvalue weighted by Gasteiger charge is 2.22. The summed E-state index contributed by atoms with van der Waals surface area (Å²) in [5, 5.41) is 2.80. The van der Waals surface area contributed by atoms with Gasteiger partial charge in [-0.25, -0.2) is 9.78 Å². The molecule has 26 heavy (non-hydrogen) atoms. The van der Waals surface area contributed by atoms with Crippen LogP contribution in [0, 0.1) is 6.92 Å². The van der Waals surface area contributed by atoms with E-state index in [1.807, 2.05) is 58.0 Å². The number of halogens is 2. The minimum absolute atomic E-state index is 0.147. The van der Waals surface area contributed by atoms with Gasteiger partial charge < -0.3 is 14.8 Å². The quantitative estimate of drug-likeness (QED) is 0.602. The fourth-order valence-electron chi connectivity index (χ4n) is 2.11. The number of hydrogen-bond donors (Lipinski definition) is 1. The molecule has 1 N–H and O–H groups in total. The Morgan fingerprint density at radius 1 is 1.23 bits per heavy atom. The maximum Gasteiger partial charge on any atom is 0.408 e. The van der Waals surface area contributed by atoms with Gasteiger partial charge in [0.25, 0.3) is 0 Å². The van der Waals surface area contributed by atoms with E-state index in [9.17, 15) is 4.79 Å². The van der Waals surface area contributed by atoms with Gasteiger partial charge in [-0.3, -0.25) is 0 Å². The normalized spacial score (nSPS) is 12.4. The van der Waals surface area contributed by atoms with E-state index in [1.165, 1.54) is 0 Å². The molecule has 1 heterocycles. The van der Waals surface area contributed by atoms with Crippen LogP contribution in [-0.2, 0) is 4.74 Å². The van der Waals surface area contributed by atoms with E-state index in [1.54, 1.807) is 6.20 Å². The third kappa shape index (κ3) is 6.61. The molecule has 0 fully saturated rings. The molecule has 1 atom stereocenters. The molecule has 7 heteroatoms. The van der Waals surface area contributed by atoms with E-state index in [4.69, 9.17) is 9.47 Å². The lowest BCUT2D eigenvalue weighted by Crippen LogP contribution is -2.41. The number of alkyl carbamates (subject to hydrolysis) is 1. The van der Waals surface area contributed by atoms with Crippen LogP contribution in [0.2, 0.25) is 0 Å². The van der Waals surface area contributed by atoms with Crippen molar-refractivity contribution in [1.82, 2.24) is 10.3 Å². The molecule has 0 radical (unpaired) electrons. The maximum atomic E-state index is 12.2. The highest BCUT2D eigenvalue weighted by atomic mass is 79.9. The molecule has 0 saturated carbocycles. The largest absolute Gasteiger partial charge is 0.473 e. The maximum absolute atomic E-state index is 12.2. The van der Waals surface area contributed by atoms with Crippen LogP contribution in [-0.4, -0.2) is 23.2 Å². The first-order valence-corrected chi connectivity index (χ1v) is 9.72. The van der Waals surface area contributed by atoms with Crippen LogP contribution in [0.15, 0.2) is 45.5 Å². The standard InChI is InChI=1S/C19H22Br2N2O3/c1-12-5-7-13(8-6-12)16(26-18(24)23-19(2,3)4)11-25-17-15(21)9-14(20)10-22-17/h5-10,16H,11H2,1-4H3,(H,23,24)/t16-/m1/s1. The average Bonchev–Trinajstić information content (AvgIpc) is 2.52. The number of aryl methyl sites for hydroxylation is 1. The van der Waals surface area contributed by atoms with Gasteiger partial charge in [0.05, 0.1) is 4.47 Å². The summed E-state index contributed by atoms with van der Waals surface area (Å²) < 4.78 is 13.0. The number of ether oxygens (including phenoxy) is 2. The van der Waals surface area contributed by atoms with Gasteiger partial charge in [0.2, 0.25) is 5.88 Å². The monoisotopic (exact) mass is 484 g/mol. The zero-order valence-corrected chi connectivity index (χ0v) is 18.3. The number of hydrogen-bond acceptors (Lipinski definition) is 4. The van der Waals surface area contributed by atoms with Crippen molar-refractivity contribution in [1.29, 1.82) is 0 Å². The summed E-state index contributed by atoms with van der Waals surface area (Å²) in [6.07, 6.45) is 0.596. The molecule has 0 unspecified atom stereocenters. The fraction of sp³-hybridized carbons (Fsp3) is 0.368. The predicted molar refractivity (Wildman–Crippen MR) is 108 cm³/mol. The molecule has 5 nitrogen and oxygen atoms in total. The second kappa shape index (κ2) is 8.86. The molecule has 2 aromatic rings. The number of amides is 1. The number of carbonyl (C=O) groups excluding carboxylic acids is 1. The van der Waals surface area contributed by atoms with E-state index in [0.29, 0.717) is 10.4 Å². The highest BCUT2D eigenvalue weighted by molar-refractivity contribution is 9.11. The van der Waals surface area contributed by atoms with Gasteiger partial charge in [0.15, 0.2) is 6.10 Å². The molecule has 1 amide bonds. The lowest BCUT2D eigenvalue weighted by molar-refractivity contribution is 0.0587. The van der Waals surface area contributed by atoms with Crippen LogP contribution < -0.4 is 10.1 Å². The first kappa shape index (κ1) is 20.7. The van der Waals surface area contributed by atoms with Gasteiger partial charge in [-0.2, -0.15) is 0 Å². The Bertz CT molecular complexity index is 758. The first-order valence-electron chi connectivity index (χ1n) is 8.13. The minimum atomic E-state index is -0.560. The number of benzene rings is 1. The molecule has 0 aliphatic carbocycles. The smallest absolute Gasteiger partial charge is 0.408 e. The number of aromatic nitrogens is 1. The molecule has 140 valence electrons. The van der Waals surface area contributed by atoms with Crippen LogP contribution in [0.1, 0.15) is 38.0 Å². The van der Waals surface area contributed by atoms with Gasteiger partial charge in [0, 0.05) is 16.2 Å². The molecule has 1 aromatic heterocycles. The Labute approximate surface area is 170 Å². The van der Waals surface area contributed by atoms with Crippen LogP contribution >= 0.6 is 31.9 Å². The number of rotatable bonds is 5. The Kier molecular flexibility index (Phi) is 7.06. The van der Waals surface area contributed by atoms with Crippen molar-refractivity contribution < 1.29 is 14.3 Å². The third-order valence-electron chi connectivity index (χ3n) is 3.32. The van der Waals surface area contributed by atoms with Crippen molar-refractivity contribution >= 4 is 38.0 Å². The second-order valence-corrected chi connectivity index (χ2v) is 8.70. The fourth-order valence-corrected chi connectivity index (χ4v) is 3.21. The van der Waals surface area contributed by atoms with Gasteiger partial charge in [-0.15, -0.1) is 0 Å². The van der Waals surface area contributed by atoms with Crippen molar-refractivity contribution in [3.63, 3.8) is 0 Å². The molecule has 1 aromatic carbocycles. The van der Waals surface area contributed by atoms with Crippen molar-refractivity contribution in [3.8, 4) is 5.88 Å². The number of nitrogens with zero attached hydrogens (tertiary/aromatic N) is 1. The van der Waals surface area contributed by atoms with E-state index < -0.39 is 12.2 Å². The Morgan fingerprint density at radius 3 is 2.46 bits per heavy atom. The number of carbonyl (C=O) groups is 1. The summed E-state index contributed by atoms with van der Waals surface area (Å²) in [5.74, 6) is 0.435. The summed E-state index contributed by atoms with van der Waals surface area (Å²) in [5.41, 5.74) is 1.60. The minimum Gasteiger partial charge on any atom is -0.473 e. The Balaban J connectivity index is 2.14. The van der Waals surface area contributed by atoms with Crippen molar-refractivity contribution in [3.05, 3.63) is 56.6 Å². The second-order valence-electron chi connectivity index (χ2n) is 6.93. The molecule has 0 aliphatic rings. The lowest BCUT2D eigenvalue weighted by Gasteiger charge is -2.24. The van der Waals surface area contributed by atoms with Crippen LogP contribution in [0.25, 0.3) is 0 Å². The molecule has 2 rings (SSSR count). The topological polar surface area (TPSA) is 60.5 Å². The molecule has 0 saturated heterocycles. The van der Waals surface area contributed by atoms with Gasteiger partial charge in [-0.1, -0.05) is 29.8 Å². The number of pyridine rings is 1. The van der Waals surface area contributed by atoms with Crippen LogP contribution in [0.4, 0.5) is 4.79 Å². The molecule has 0 aliphatic heterocycles. The SMILES string of the molecule is Cc1ccc([C@@H](COc2ncc(Br)cc2Br)OC(=O)NC(C)(C)C)cc1. The van der Waals surface area contributed by atoms with E-state index in [2.05, 4.69) is 42.2 Å². The van der Waals surface area contributed by atoms with Gasteiger partial charge in [-0.05, 0) is 71.2 Å². The van der Waals surface area contributed by atoms with Crippen molar-refractivity contribution in [2.45, 2.75) is 39.3 Å². The average molecular weight is 486 g/mol. The zero-order valence-electron chi connectivity index (χ0n) is 15.2. The van der Waals surface area contributed by atoms with E-state index in [-0.39, 0.29) is 12.1 Å². The van der Waals surface area contributed by atoms with Crippen LogP contribution in [0.5, 0.6) is 5.88 Å². The predicted octanol–water partition coefficient (Wildman–Crippen LogP) is 5.56. The zero-order chi connectivity index (χ0) is 19.3. The Hall–Kier alpha value is -1.60. The molecular formula is C19H22Br2N2O3. The van der Waals surface area contributed by atoms with E-state index >= 15 is 0 Å². The molecule has 0 spiro atoms. The van der Waals surface area contributed by atoms with E-state index in [0.717, 1.165) is 15.6 Å². The molecule has 0 bridgehead atoms. The third-order valence-corrected chi connectivity index (χ3v) is 4.32. The Morgan fingerprint density at radius 2 is 1.88 bits per heavy atom. The summed E-state index contributed by atoms with van der Waals surface area (Å²) in [6, 6.07) is 9.65. The molecular weight excluding hydrogens is 464 g/mol. The first-order chi connectivity index (χ1) is 12.1. The summed E-state index contributed by atoms with van der Waals surface area (Å²) in [4.78, 5) is 16.4. The van der Waals surface area contributed by atoms with Gasteiger partial charge in [0.1, 0.15) is 6.61 Å². The highest BCUT2D eigenvalue weighted by Crippen LogP contribution is 2.27. The van der Waals surface area contributed by atoms with Gasteiger partial charge >= 0.3 is 6.09 Å². The summed E-state index contributed by atoms with van der Waals surface area (Å²) in [6.45, 7) is 7.84. The summed E-state index contributed by atoms with van der Waals surface area (Å²) in [7, 11) is 0. The summed E-state index contributed by atoms with van der Waals surface area (Å²) >= 11 is 6.77. The van der Waals surface area contributed by atoms with Crippen molar-refractivity contribution in [2.24, 2.45) is 0 Å². The van der Waals surface area contributed by atoms with Crippen LogP contribution in [0.3, 0.4) is 0 Å². The van der Waals surface area contributed by atoms with Crippen molar-refractivity contribution in [2.75, 3.05) is 6.61 Å². The lowest BCUT2D eigenvalue weighted by atomic mass is 10.1. The number of nitrogens with one attached hydrogen (secondary N) is 1.